The van der Waals surface area contributed by atoms with Crippen molar-refractivity contribution in [3.05, 3.63) is 97.3 Å². The summed E-state index contributed by atoms with van der Waals surface area (Å²) in [4.78, 5) is 27.0. The van der Waals surface area contributed by atoms with Crippen molar-refractivity contribution in [1.29, 1.82) is 0 Å². The molecule has 4 rings (SSSR count). The van der Waals surface area contributed by atoms with Crippen molar-refractivity contribution >= 4 is 56.5 Å². The molecular weight excluding hydrogens is 538 g/mol. The highest BCUT2D eigenvalue weighted by Gasteiger charge is 2.35. The van der Waals surface area contributed by atoms with Crippen molar-refractivity contribution in [1.82, 2.24) is 4.90 Å². The Kier molecular flexibility index (Phi) is 7.66. The molecule has 34 heavy (non-hydrogen) atoms. The molecule has 0 unspecified atom stereocenters. The molecule has 0 radical (unpaired) electrons. The molecule has 1 saturated heterocycles. The average Bonchev–Trinajstić information content (AvgIpc) is 3.06. The number of aryl methyl sites for hydroxylation is 1. The normalized spacial score (nSPS) is 14.7. The number of benzene rings is 3. The van der Waals surface area contributed by atoms with Crippen molar-refractivity contribution in [2.45, 2.75) is 20.1 Å². The Morgan fingerprint density at radius 2 is 1.88 bits per heavy atom. The molecule has 8 heteroatoms. The zero-order valence-corrected chi connectivity index (χ0v) is 21.7. The predicted molar refractivity (Wildman–Crippen MR) is 139 cm³/mol. The highest BCUT2D eigenvalue weighted by molar-refractivity contribution is 9.10. The number of thioether (sulfide) groups is 1. The number of carbonyl (C=O) groups excluding carboxylic acids is 2. The molecular formula is C26H21BrClNO4S. The van der Waals surface area contributed by atoms with Crippen LogP contribution < -0.4 is 9.47 Å². The van der Waals surface area contributed by atoms with E-state index in [1.807, 2.05) is 55.5 Å². The largest absolute Gasteiger partial charge is 0.493 e. The lowest BCUT2D eigenvalue weighted by Crippen LogP contribution is -2.27. The summed E-state index contributed by atoms with van der Waals surface area (Å²) in [5.74, 6) is 0.518. The van der Waals surface area contributed by atoms with Crippen LogP contribution in [0.15, 0.2) is 70.0 Å². The SMILES string of the molecule is COc1cc(/C=C2\SC(=O)N(Cc3ccccc3Br)C2=O)cc(Cl)c1OCc1cccc(C)c1. The number of carbonyl (C=O) groups is 2. The number of rotatable bonds is 7. The second-order valence-corrected chi connectivity index (χ2v) is 9.93. The molecule has 174 valence electrons. The molecule has 0 atom stereocenters. The standard InChI is InChI=1S/C26H21BrClNO4S/c1-16-6-5-7-17(10-16)15-33-24-21(28)11-18(12-22(24)32-2)13-23-25(30)29(26(31)34-23)14-19-8-3-4-9-20(19)27/h3-13H,14-15H2,1-2H3/b23-13-. The van der Waals surface area contributed by atoms with Crippen LogP contribution >= 0.6 is 39.3 Å². The van der Waals surface area contributed by atoms with Gasteiger partial charge >= 0.3 is 0 Å². The van der Waals surface area contributed by atoms with Crippen LogP contribution in [0.2, 0.25) is 5.02 Å². The first-order valence-electron chi connectivity index (χ1n) is 10.4. The monoisotopic (exact) mass is 557 g/mol. The summed E-state index contributed by atoms with van der Waals surface area (Å²) in [6, 6.07) is 18.9. The second-order valence-electron chi connectivity index (χ2n) is 7.67. The zero-order chi connectivity index (χ0) is 24.2. The first-order valence-corrected chi connectivity index (χ1v) is 12.4. The highest BCUT2D eigenvalue weighted by Crippen LogP contribution is 2.39. The quantitative estimate of drug-likeness (QED) is 0.286. The minimum atomic E-state index is -0.347. The topological polar surface area (TPSA) is 55.8 Å². The average molecular weight is 559 g/mol. The van der Waals surface area contributed by atoms with E-state index in [0.29, 0.717) is 33.6 Å². The Hall–Kier alpha value is -2.74. The van der Waals surface area contributed by atoms with Crippen LogP contribution in [-0.2, 0) is 17.9 Å². The summed E-state index contributed by atoms with van der Waals surface area (Å²) in [5, 5.41) is 0.0360. The van der Waals surface area contributed by atoms with Gasteiger partial charge in [0.2, 0.25) is 0 Å². The highest BCUT2D eigenvalue weighted by atomic mass is 79.9. The van der Waals surface area contributed by atoms with E-state index in [9.17, 15) is 9.59 Å². The molecule has 1 fully saturated rings. The lowest BCUT2D eigenvalue weighted by Gasteiger charge is -2.14. The van der Waals surface area contributed by atoms with Gasteiger partial charge in [0.15, 0.2) is 11.5 Å². The molecule has 0 N–H and O–H groups in total. The van der Waals surface area contributed by atoms with Crippen LogP contribution in [0.25, 0.3) is 6.08 Å². The molecule has 0 saturated carbocycles. The Labute approximate surface area is 215 Å². The van der Waals surface area contributed by atoms with Gasteiger partial charge in [0.05, 0.1) is 23.6 Å². The van der Waals surface area contributed by atoms with Crippen LogP contribution in [0.3, 0.4) is 0 Å². The Bertz CT molecular complexity index is 1290. The first kappa shape index (κ1) is 24.4. The van der Waals surface area contributed by atoms with Gasteiger partial charge in [0.1, 0.15) is 6.61 Å². The lowest BCUT2D eigenvalue weighted by atomic mass is 10.1. The van der Waals surface area contributed by atoms with Crippen molar-refractivity contribution in [2.24, 2.45) is 0 Å². The minimum Gasteiger partial charge on any atom is -0.493 e. The predicted octanol–water partition coefficient (Wildman–Crippen LogP) is 7.24. The molecule has 0 aliphatic carbocycles. The summed E-state index contributed by atoms with van der Waals surface area (Å²) in [5.41, 5.74) is 3.64. The Morgan fingerprint density at radius 3 is 2.62 bits per heavy atom. The van der Waals surface area contributed by atoms with Crippen molar-refractivity contribution in [3.63, 3.8) is 0 Å². The molecule has 1 aliphatic heterocycles. The molecule has 3 aromatic rings. The van der Waals surface area contributed by atoms with Crippen LogP contribution in [0.1, 0.15) is 22.3 Å². The Morgan fingerprint density at radius 1 is 1.09 bits per heavy atom. The van der Waals surface area contributed by atoms with E-state index in [-0.39, 0.29) is 17.7 Å². The van der Waals surface area contributed by atoms with Crippen molar-refractivity contribution < 1.29 is 19.1 Å². The smallest absolute Gasteiger partial charge is 0.293 e. The van der Waals surface area contributed by atoms with Gasteiger partial charge in [-0.15, -0.1) is 0 Å². The number of ether oxygens (including phenoxy) is 2. The van der Waals surface area contributed by atoms with Gasteiger partial charge in [-0.1, -0.05) is 75.6 Å². The van der Waals surface area contributed by atoms with Gasteiger partial charge in [-0.05, 0) is 59.7 Å². The third kappa shape index (κ3) is 5.49. The molecule has 1 heterocycles. The molecule has 1 aliphatic rings. The summed E-state index contributed by atoms with van der Waals surface area (Å²) in [7, 11) is 1.53. The van der Waals surface area contributed by atoms with E-state index in [2.05, 4.69) is 15.9 Å². The van der Waals surface area contributed by atoms with Gasteiger partial charge < -0.3 is 9.47 Å². The van der Waals surface area contributed by atoms with E-state index in [0.717, 1.165) is 32.9 Å². The van der Waals surface area contributed by atoms with E-state index < -0.39 is 0 Å². The van der Waals surface area contributed by atoms with Gasteiger partial charge in [-0.2, -0.15) is 0 Å². The van der Waals surface area contributed by atoms with E-state index in [1.54, 1.807) is 18.2 Å². The first-order chi connectivity index (χ1) is 16.4. The third-order valence-electron chi connectivity index (χ3n) is 5.18. The van der Waals surface area contributed by atoms with E-state index in [1.165, 1.54) is 12.0 Å². The summed E-state index contributed by atoms with van der Waals surface area (Å²) in [6.07, 6.45) is 1.64. The summed E-state index contributed by atoms with van der Waals surface area (Å²) >= 11 is 10.9. The molecule has 5 nitrogen and oxygen atoms in total. The fourth-order valence-electron chi connectivity index (χ4n) is 3.51. The van der Waals surface area contributed by atoms with Crippen LogP contribution in [0.4, 0.5) is 4.79 Å². The van der Waals surface area contributed by atoms with Crippen molar-refractivity contribution in [3.8, 4) is 11.5 Å². The summed E-state index contributed by atoms with van der Waals surface area (Å²) < 4.78 is 12.3. The van der Waals surface area contributed by atoms with Crippen LogP contribution in [0.5, 0.6) is 11.5 Å². The van der Waals surface area contributed by atoms with Gasteiger partial charge in [0.25, 0.3) is 11.1 Å². The van der Waals surface area contributed by atoms with E-state index in [4.69, 9.17) is 21.1 Å². The fourth-order valence-corrected chi connectivity index (χ4v) is 5.03. The molecule has 2 amide bonds. The maximum atomic E-state index is 12.9. The summed E-state index contributed by atoms with van der Waals surface area (Å²) in [6.45, 7) is 2.55. The maximum Gasteiger partial charge on any atom is 0.293 e. The molecule has 0 spiro atoms. The Balaban J connectivity index is 1.54. The molecule has 3 aromatic carbocycles. The second kappa shape index (κ2) is 10.7. The third-order valence-corrected chi connectivity index (χ3v) is 7.14. The molecule has 0 bridgehead atoms. The number of imide groups is 1. The fraction of sp³-hybridized carbons (Fsp3) is 0.154. The lowest BCUT2D eigenvalue weighted by molar-refractivity contribution is -0.123. The van der Waals surface area contributed by atoms with Gasteiger partial charge in [0, 0.05) is 4.47 Å². The number of hydrogen-bond acceptors (Lipinski definition) is 5. The van der Waals surface area contributed by atoms with Crippen LogP contribution in [-0.4, -0.2) is 23.2 Å². The maximum absolute atomic E-state index is 12.9. The van der Waals surface area contributed by atoms with Crippen molar-refractivity contribution in [2.75, 3.05) is 7.11 Å². The number of methoxy groups -OCH3 is 1. The van der Waals surface area contributed by atoms with Gasteiger partial charge in [-0.3, -0.25) is 14.5 Å². The minimum absolute atomic E-state index is 0.194. The van der Waals surface area contributed by atoms with Crippen LogP contribution in [0, 0.1) is 6.92 Å². The number of halogens is 2. The number of hydrogen-bond donors (Lipinski definition) is 0. The zero-order valence-electron chi connectivity index (χ0n) is 18.5. The van der Waals surface area contributed by atoms with E-state index >= 15 is 0 Å². The number of nitrogens with zero attached hydrogens (tertiary/aromatic N) is 1. The number of amides is 2. The van der Waals surface area contributed by atoms with Gasteiger partial charge in [-0.25, -0.2) is 0 Å². The molecule has 0 aromatic heterocycles.